The van der Waals surface area contributed by atoms with Crippen molar-refractivity contribution in [2.45, 2.75) is 78.4 Å². The largest absolute Gasteiger partial charge is 0.444 e. The molecule has 0 aromatic heterocycles. The fraction of sp³-hybridized carbons (Fsp3) is 0.944. The summed E-state index contributed by atoms with van der Waals surface area (Å²) in [6.07, 6.45) is 5.81. The predicted octanol–water partition coefficient (Wildman–Crippen LogP) is 3.90. The molecule has 0 aromatic carbocycles. The normalized spacial score (nSPS) is 27.3. The summed E-state index contributed by atoms with van der Waals surface area (Å²) in [7, 11) is 0. The van der Waals surface area contributed by atoms with Crippen LogP contribution in [0, 0.1) is 5.41 Å². The molecule has 0 bridgehead atoms. The second-order valence-corrected chi connectivity index (χ2v) is 8.75. The van der Waals surface area contributed by atoms with E-state index in [1.165, 1.54) is 32.4 Å². The van der Waals surface area contributed by atoms with E-state index in [1.54, 1.807) is 0 Å². The topological polar surface area (TPSA) is 32.8 Å². The number of hydrogen-bond donors (Lipinski definition) is 0. The van der Waals surface area contributed by atoms with Gasteiger partial charge in [-0.1, -0.05) is 13.8 Å². The number of carbonyl (C=O) groups is 1. The fourth-order valence-corrected chi connectivity index (χ4v) is 3.45. The Morgan fingerprint density at radius 3 is 2.27 bits per heavy atom. The molecule has 4 nitrogen and oxygen atoms in total. The zero-order chi connectivity index (χ0) is 16.4. The van der Waals surface area contributed by atoms with E-state index in [1.807, 2.05) is 25.7 Å². The van der Waals surface area contributed by atoms with E-state index in [9.17, 15) is 4.79 Å². The number of amides is 1. The molecule has 128 valence electrons. The minimum Gasteiger partial charge on any atom is -0.444 e. The zero-order valence-corrected chi connectivity index (χ0v) is 15.2. The molecule has 0 N–H and O–H groups in total. The first-order valence-corrected chi connectivity index (χ1v) is 8.88. The van der Waals surface area contributed by atoms with Crippen LogP contribution in [-0.2, 0) is 4.74 Å². The first-order chi connectivity index (χ1) is 10.2. The minimum atomic E-state index is -0.402. The molecule has 0 aliphatic carbocycles. The van der Waals surface area contributed by atoms with E-state index in [2.05, 4.69) is 18.7 Å². The molecule has 0 aromatic rings. The molecule has 0 radical (unpaired) electrons. The molecule has 2 aliphatic heterocycles. The Morgan fingerprint density at radius 1 is 1.05 bits per heavy atom. The Kier molecular flexibility index (Phi) is 5.41. The van der Waals surface area contributed by atoms with Crippen LogP contribution >= 0.6 is 0 Å². The SMILES string of the molecule is CC1(C)CCN(C2CCCN(C(=O)OC(C)(C)C)CC2)CC1. The average molecular weight is 310 g/mol. The van der Waals surface area contributed by atoms with Gasteiger partial charge in [-0.05, 0) is 71.4 Å². The van der Waals surface area contributed by atoms with Crippen LogP contribution in [0.3, 0.4) is 0 Å². The monoisotopic (exact) mass is 310 g/mol. The van der Waals surface area contributed by atoms with Crippen molar-refractivity contribution in [3.8, 4) is 0 Å². The molecule has 22 heavy (non-hydrogen) atoms. The Morgan fingerprint density at radius 2 is 1.68 bits per heavy atom. The summed E-state index contributed by atoms with van der Waals surface area (Å²) in [5.41, 5.74) is 0.102. The highest BCUT2D eigenvalue weighted by molar-refractivity contribution is 5.68. The highest BCUT2D eigenvalue weighted by atomic mass is 16.6. The van der Waals surface area contributed by atoms with Gasteiger partial charge < -0.3 is 14.5 Å². The lowest BCUT2D eigenvalue weighted by atomic mass is 9.82. The van der Waals surface area contributed by atoms with Crippen LogP contribution in [0.25, 0.3) is 0 Å². The molecular formula is C18H34N2O2. The fourth-order valence-electron chi connectivity index (χ4n) is 3.45. The standard InChI is InChI=1S/C18H34N2O2/c1-17(2,3)22-16(21)20-11-6-7-15(8-12-20)19-13-9-18(4,5)10-14-19/h15H,6-14H2,1-5H3. The van der Waals surface area contributed by atoms with Gasteiger partial charge in [0.25, 0.3) is 0 Å². The van der Waals surface area contributed by atoms with Gasteiger partial charge in [0.05, 0.1) is 0 Å². The van der Waals surface area contributed by atoms with E-state index >= 15 is 0 Å². The highest BCUT2D eigenvalue weighted by Gasteiger charge is 2.31. The summed E-state index contributed by atoms with van der Waals surface area (Å²) < 4.78 is 5.51. The lowest BCUT2D eigenvalue weighted by Gasteiger charge is -2.41. The number of rotatable bonds is 1. The van der Waals surface area contributed by atoms with Gasteiger partial charge in [0.2, 0.25) is 0 Å². The number of piperidine rings is 1. The maximum absolute atomic E-state index is 12.2. The summed E-state index contributed by atoms with van der Waals surface area (Å²) in [6.45, 7) is 14.6. The van der Waals surface area contributed by atoms with Crippen LogP contribution in [-0.4, -0.2) is 53.7 Å². The lowest BCUT2D eigenvalue weighted by molar-refractivity contribution is 0.0249. The smallest absolute Gasteiger partial charge is 0.410 e. The molecular weight excluding hydrogens is 276 g/mol. The van der Waals surface area contributed by atoms with E-state index in [4.69, 9.17) is 4.74 Å². The van der Waals surface area contributed by atoms with E-state index in [0.29, 0.717) is 11.5 Å². The molecule has 1 amide bonds. The quantitative estimate of drug-likeness (QED) is 0.736. The van der Waals surface area contributed by atoms with Crippen molar-refractivity contribution in [1.82, 2.24) is 9.80 Å². The molecule has 2 aliphatic rings. The second-order valence-electron chi connectivity index (χ2n) is 8.75. The van der Waals surface area contributed by atoms with Crippen LogP contribution in [0.1, 0.15) is 66.7 Å². The maximum atomic E-state index is 12.2. The van der Waals surface area contributed by atoms with Gasteiger partial charge in [-0.25, -0.2) is 4.79 Å². The number of hydrogen-bond acceptors (Lipinski definition) is 3. The van der Waals surface area contributed by atoms with Crippen molar-refractivity contribution < 1.29 is 9.53 Å². The van der Waals surface area contributed by atoms with Gasteiger partial charge in [0, 0.05) is 19.1 Å². The van der Waals surface area contributed by atoms with Crippen LogP contribution < -0.4 is 0 Å². The lowest BCUT2D eigenvalue weighted by Crippen LogP contribution is -2.44. The van der Waals surface area contributed by atoms with E-state index in [-0.39, 0.29) is 6.09 Å². The predicted molar refractivity (Wildman–Crippen MR) is 90.0 cm³/mol. The summed E-state index contributed by atoms with van der Waals surface area (Å²) in [5.74, 6) is 0. The van der Waals surface area contributed by atoms with Crippen LogP contribution in [0.15, 0.2) is 0 Å². The molecule has 2 heterocycles. The summed E-state index contributed by atoms with van der Waals surface area (Å²) >= 11 is 0. The highest BCUT2D eigenvalue weighted by Crippen LogP contribution is 2.32. The van der Waals surface area contributed by atoms with Gasteiger partial charge in [0.15, 0.2) is 0 Å². The molecule has 2 rings (SSSR count). The van der Waals surface area contributed by atoms with E-state index in [0.717, 1.165) is 25.9 Å². The maximum Gasteiger partial charge on any atom is 0.410 e. The Balaban J connectivity index is 1.84. The Hall–Kier alpha value is -0.770. The van der Waals surface area contributed by atoms with Gasteiger partial charge >= 0.3 is 6.09 Å². The van der Waals surface area contributed by atoms with Gasteiger partial charge in [0.1, 0.15) is 5.60 Å². The molecule has 0 spiro atoms. The third-order valence-corrected chi connectivity index (χ3v) is 5.02. The zero-order valence-electron chi connectivity index (χ0n) is 15.2. The first kappa shape index (κ1) is 17.6. The van der Waals surface area contributed by atoms with Crippen LogP contribution in [0.5, 0.6) is 0 Å². The minimum absolute atomic E-state index is 0.145. The van der Waals surface area contributed by atoms with Crippen molar-refractivity contribution >= 4 is 6.09 Å². The van der Waals surface area contributed by atoms with Crippen molar-refractivity contribution in [3.05, 3.63) is 0 Å². The van der Waals surface area contributed by atoms with Gasteiger partial charge in [-0.3, -0.25) is 0 Å². The average Bonchev–Trinajstić information content (AvgIpc) is 2.62. The third kappa shape index (κ3) is 5.15. The van der Waals surface area contributed by atoms with Crippen LogP contribution in [0.4, 0.5) is 4.79 Å². The van der Waals surface area contributed by atoms with E-state index < -0.39 is 5.60 Å². The molecule has 2 fully saturated rings. The molecule has 1 unspecified atom stereocenters. The molecule has 0 saturated carbocycles. The molecule has 1 atom stereocenters. The first-order valence-electron chi connectivity index (χ1n) is 8.88. The van der Waals surface area contributed by atoms with Crippen LogP contribution in [0.2, 0.25) is 0 Å². The Bertz CT molecular complexity index is 377. The van der Waals surface area contributed by atoms with Gasteiger partial charge in [-0.2, -0.15) is 0 Å². The van der Waals surface area contributed by atoms with Crippen molar-refractivity contribution in [3.63, 3.8) is 0 Å². The summed E-state index contributed by atoms with van der Waals surface area (Å²) in [6, 6.07) is 0.642. The van der Waals surface area contributed by atoms with Gasteiger partial charge in [-0.15, -0.1) is 0 Å². The number of likely N-dealkylation sites (tertiary alicyclic amines) is 2. The number of carbonyl (C=O) groups excluding carboxylic acids is 1. The summed E-state index contributed by atoms with van der Waals surface area (Å²) in [5, 5.41) is 0. The van der Waals surface area contributed by atoms with Crippen molar-refractivity contribution in [1.29, 1.82) is 0 Å². The van der Waals surface area contributed by atoms with Crippen molar-refractivity contribution in [2.75, 3.05) is 26.2 Å². The number of ether oxygens (including phenoxy) is 1. The number of nitrogens with zero attached hydrogens (tertiary/aromatic N) is 2. The third-order valence-electron chi connectivity index (χ3n) is 5.02. The second kappa shape index (κ2) is 6.77. The summed E-state index contributed by atoms with van der Waals surface area (Å²) in [4.78, 5) is 16.8. The van der Waals surface area contributed by atoms with Crippen molar-refractivity contribution in [2.24, 2.45) is 5.41 Å². The Labute approximate surface area is 136 Å². The molecule has 4 heteroatoms. The molecule has 2 saturated heterocycles.